The Hall–Kier alpha value is 0.0839. The summed E-state index contributed by atoms with van der Waals surface area (Å²) in [5, 5.41) is 4.10. The normalized spacial score (nSPS) is 14.2. The van der Waals surface area contributed by atoms with E-state index in [4.69, 9.17) is 4.74 Å². The number of benzene rings is 1. The van der Waals surface area contributed by atoms with Crippen LogP contribution in [-0.4, -0.2) is 6.73 Å². The summed E-state index contributed by atoms with van der Waals surface area (Å²) >= 11 is 0. The Labute approximate surface area is 91.2 Å². The number of hydrogen-bond acceptors (Lipinski definition) is 1. The first-order valence-corrected chi connectivity index (χ1v) is 3.31. The van der Waals surface area contributed by atoms with Crippen molar-refractivity contribution in [2.45, 2.75) is 6.54 Å². The van der Waals surface area contributed by atoms with E-state index in [-0.39, 0.29) is 32.7 Å². The van der Waals surface area contributed by atoms with Crippen LogP contribution >= 0.6 is 0 Å². The molecule has 0 atom stereocenters. The second-order valence-electron chi connectivity index (χ2n) is 2.26. The van der Waals surface area contributed by atoms with Gasteiger partial charge in [-0.2, -0.15) is 0 Å². The van der Waals surface area contributed by atoms with Crippen LogP contribution in [0.2, 0.25) is 0 Å². The third-order valence-electron chi connectivity index (χ3n) is 1.57. The predicted octanol–water partition coefficient (Wildman–Crippen LogP) is 1.91. The minimum atomic E-state index is 0. The van der Waals surface area contributed by atoms with Crippen LogP contribution in [0.1, 0.15) is 5.56 Å². The van der Waals surface area contributed by atoms with Crippen LogP contribution in [0.3, 0.4) is 0 Å². The molecule has 1 aromatic carbocycles. The molecule has 0 saturated carbocycles. The van der Waals surface area contributed by atoms with Gasteiger partial charge < -0.3 is 10.1 Å². The van der Waals surface area contributed by atoms with Crippen molar-refractivity contribution in [1.29, 1.82) is 0 Å². The average Bonchev–Trinajstić information content (AvgIpc) is 2.05. The standard InChI is InChI=1S/C8H8NO.Y/c1-2-4-8-7(3-1)5-9-6-10-8;/h1-4H,5-6H2;/q-1;. The van der Waals surface area contributed by atoms with Crippen molar-refractivity contribution in [3.8, 4) is 5.75 Å². The summed E-state index contributed by atoms with van der Waals surface area (Å²) in [7, 11) is 0. The van der Waals surface area contributed by atoms with Crippen molar-refractivity contribution in [2.24, 2.45) is 0 Å². The molecule has 0 spiro atoms. The second-order valence-corrected chi connectivity index (χ2v) is 2.26. The SMILES string of the molecule is [Y].c1ccc2c(c1)C[N-]CO2. The van der Waals surface area contributed by atoms with Crippen LogP contribution in [0.15, 0.2) is 24.3 Å². The van der Waals surface area contributed by atoms with Crippen LogP contribution < -0.4 is 4.74 Å². The molecular weight excluding hydrogens is 215 g/mol. The number of rotatable bonds is 0. The van der Waals surface area contributed by atoms with Gasteiger partial charge in [0.15, 0.2) is 0 Å². The number of hydrogen-bond donors (Lipinski definition) is 0. The first-order valence-electron chi connectivity index (χ1n) is 3.31. The summed E-state index contributed by atoms with van der Waals surface area (Å²) in [5.41, 5.74) is 1.19. The Morgan fingerprint density at radius 1 is 1.27 bits per heavy atom. The molecule has 0 bridgehead atoms. The Morgan fingerprint density at radius 2 is 2.09 bits per heavy atom. The molecule has 3 heteroatoms. The predicted molar refractivity (Wildman–Crippen MR) is 39.0 cm³/mol. The van der Waals surface area contributed by atoms with Crippen molar-refractivity contribution >= 4 is 0 Å². The molecule has 11 heavy (non-hydrogen) atoms. The summed E-state index contributed by atoms with van der Waals surface area (Å²) in [6.07, 6.45) is 0. The summed E-state index contributed by atoms with van der Waals surface area (Å²) < 4.78 is 5.26. The fraction of sp³-hybridized carbons (Fsp3) is 0.250. The van der Waals surface area contributed by atoms with Gasteiger partial charge in [0.1, 0.15) is 5.75 Å². The van der Waals surface area contributed by atoms with Gasteiger partial charge in [0.2, 0.25) is 0 Å². The van der Waals surface area contributed by atoms with E-state index in [0.29, 0.717) is 6.73 Å². The Bertz CT molecular complexity index is 214. The zero-order valence-corrected chi connectivity index (χ0v) is 8.99. The molecule has 1 radical (unpaired) electrons. The van der Waals surface area contributed by atoms with Gasteiger partial charge in [-0.1, -0.05) is 18.2 Å². The molecule has 0 unspecified atom stereocenters. The van der Waals surface area contributed by atoms with Gasteiger partial charge >= 0.3 is 0 Å². The van der Waals surface area contributed by atoms with Crippen LogP contribution in [-0.2, 0) is 39.3 Å². The van der Waals surface area contributed by atoms with E-state index in [1.807, 2.05) is 24.3 Å². The molecule has 1 aliphatic rings. The van der Waals surface area contributed by atoms with Crippen LogP contribution in [0.4, 0.5) is 0 Å². The molecule has 0 amide bonds. The molecule has 1 heterocycles. The smallest absolute Gasteiger partial charge is 0.118 e. The quantitative estimate of drug-likeness (QED) is 0.658. The van der Waals surface area contributed by atoms with Crippen molar-refractivity contribution in [2.75, 3.05) is 6.73 Å². The fourth-order valence-corrected chi connectivity index (χ4v) is 1.06. The van der Waals surface area contributed by atoms with Crippen LogP contribution in [0, 0.1) is 0 Å². The molecule has 0 saturated heterocycles. The second kappa shape index (κ2) is 4.19. The van der Waals surface area contributed by atoms with E-state index in [1.165, 1.54) is 5.56 Å². The van der Waals surface area contributed by atoms with Crippen molar-refractivity contribution in [3.05, 3.63) is 35.1 Å². The number of nitrogens with zero attached hydrogens (tertiary/aromatic N) is 1. The summed E-state index contributed by atoms with van der Waals surface area (Å²) in [6, 6.07) is 8.00. The van der Waals surface area contributed by atoms with Gasteiger partial charge in [-0.3, -0.25) is 0 Å². The maximum Gasteiger partial charge on any atom is 0.118 e. The topological polar surface area (TPSA) is 23.3 Å². The Balaban J connectivity index is 0.000000605. The summed E-state index contributed by atoms with van der Waals surface area (Å²) in [4.78, 5) is 0. The monoisotopic (exact) mass is 223 g/mol. The van der Waals surface area contributed by atoms with Gasteiger partial charge in [-0.15, -0.1) is 6.54 Å². The summed E-state index contributed by atoms with van der Waals surface area (Å²) in [5.74, 6) is 0.984. The molecule has 0 N–H and O–H groups in total. The van der Waals surface area contributed by atoms with E-state index in [1.54, 1.807) is 0 Å². The van der Waals surface area contributed by atoms with Crippen molar-refractivity contribution in [1.82, 2.24) is 0 Å². The van der Waals surface area contributed by atoms with E-state index >= 15 is 0 Å². The number of para-hydroxylation sites is 1. The Morgan fingerprint density at radius 3 is 2.91 bits per heavy atom. The van der Waals surface area contributed by atoms with Gasteiger partial charge in [0.05, 0.1) is 0 Å². The molecule has 55 valence electrons. The molecule has 2 nitrogen and oxygen atoms in total. The van der Waals surface area contributed by atoms with Crippen molar-refractivity contribution < 1.29 is 37.4 Å². The van der Waals surface area contributed by atoms with E-state index in [9.17, 15) is 0 Å². The number of fused-ring (bicyclic) bond motifs is 1. The maximum atomic E-state index is 5.26. The first-order chi connectivity index (χ1) is 4.97. The Kier molecular flexibility index (Phi) is 3.50. The van der Waals surface area contributed by atoms with Gasteiger partial charge in [-0.05, 0) is 11.6 Å². The molecular formula is C8H8NOY-. The zero-order chi connectivity index (χ0) is 6.81. The molecule has 0 fully saturated rings. The minimum Gasteiger partial charge on any atom is -0.625 e. The molecule has 1 aromatic rings. The third kappa shape index (κ3) is 2.02. The molecule has 0 aliphatic carbocycles. The largest absolute Gasteiger partial charge is 0.625 e. The maximum absolute atomic E-state index is 5.26. The fourth-order valence-electron chi connectivity index (χ4n) is 1.06. The average molecular weight is 223 g/mol. The minimum absolute atomic E-state index is 0. The van der Waals surface area contributed by atoms with Gasteiger partial charge in [0.25, 0.3) is 0 Å². The van der Waals surface area contributed by atoms with E-state index in [2.05, 4.69) is 5.32 Å². The third-order valence-corrected chi connectivity index (χ3v) is 1.57. The molecule has 0 aromatic heterocycles. The van der Waals surface area contributed by atoms with Crippen LogP contribution in [0.25, 0.3) is 5.32 Å². The molecule has 2 rings (SSSR count). The van der Waals surface area contributed by atoms with Crippen LogP contribution in [0.5, 0.6) is 5.75 Å². The molecule has 1 aliphatic heterocycles. The number of ether oxygens (including phenoxy) is 1. The van der Waals surface area contributed by atoms with Gasteiger partial charge in [0, 0.05) is 39.4 Å². The first kappa shape index (κ1) is 9.17. The van der Waals surface area contributed by atoms with E-state index < -0.39 is 0 Å². The zero-order valence-electron chi connectivity index (χ0n) is 6.16. The van der Waals surface area contributed by atoms with E-state index in [0.717, 1.165) is 12.3 Å². The van der Waals surface area contributed by atoms with Crippen molar-refractivity contribution in [3.63, 3.8) is 0 Å². The van der Waals surface area contributed by atoms with Gasteiger partial charge in [-0.25, -0.2) is 0 Å². The summed E-state index contributed by atoms with van der Waals surface area (Å²) in [6.45, 7) is 1.31.